The second-order valence-corrected chi connectivity index (χ2v) is 14.4. The molecule has 0 atom stereocenters. The molecule has 2 heterocycles. The number of benzene rings is 8. The number of para-hydroxylation sites is 1. The molecule has 56 heavy (non-hydrogen) atoms. The van der Waals surface area contributed by atoms with Gasteiger partial charge >= 0.3 is 0 Å². The van der Waals surface area contributed by atoms with Crippen LogP contribution in [-0.2, 0) is 5.41 Å². The Kier molecular flexibility index (Phi) is 7.36. The van der Waals surface area contributed by atoms with Crippen LogP contribution in [0.3, 0.4) is 0 Å². The van der Waals surface area contributed by atoms with E-state index in [0.717, 1.165) is 27.9 Å². The first-order chi connectivity index (χ1) is 27.8. The number of aromatic nitrogens is 4. The number of hydrogen-bond acceptors (Lipinski definition) is 3. The molecule has 10 aromatic rings. The average molecular weight is 715 g/mol. The molecule has 0 spiro atoms. The number of nitrogens with zero attached hydrogens (tertiary/aromatic N) is 4. The first-order valence-corrected chi connectivity index (χ1v) is 19.0. The molecule has 0 N–H and O–H groups in total. The van der Waals surface area contributed by atoms with Crippen LogP contribution in [0.1, 0.15) is 22.3 Å². The van der Waals surface area contributed by atoms with Crippen LogP contribution in [-0.4, -0.2) is 19.5 Å². The van der Waals surface area contributed by atoms with Crippen molar-refractivity contribution in [3.8, 4) is 51.0 Å². The molecule has 1 aliphatic rings. The third-order valence-corrected chi connectivity index (χ3v) is 11.3. The lowest BCUT2D eigenvalue weighted by Gasteiger charge is -2.34. The Labute approximate surface area is 325 Å². The van der Waals surface area contributed by atoms with Crippen molar-refractivity contribution in [1.29, 1.82) is 0 Å². The van der Waals surface area contributed by atoms with E-state index in [1.165, 1.54) is 49.7 Å². The molecule has 0 saturated heterocycles. The molecule has 0 amide bonds. The van der Waals surface area contributed by atoms with Gasteiger partial charge in [-0.1, -0.05) is 164 Å². The van der Waals surface area contributed by atoms with E-state index in [1.807, 2.05) is 60.7 Å². The van der Waals surface area contributed by atoms with Crippen LogP contribution < -0.4 is 0 Å². The highest BCUT2D eigenvalue weighted by Gasteiger charge is 2.46. The summed E-state index contributed by atoms with van der Waals surface area (Å²) in [5.41, 5.74) is 13.4. The maximum Gasteiger partial charge on any atom is 0.164 e. The first kappa shape index (κ1) is 32.0. The third kappa shape index (κ3) is 4.89. The normalized spacial score (nSPS) is 12.8. The Morgan fingerprint density at radius 3 is 1.41 bits per heavy atom. The molecule has 0 radical (unpaired) electrons. The molecule has 0 fully saturated rings. The molecule has 4 nitrogen and oxygen atoms in total. The van der Waals surface area contributed by atoms with Crippen molar-refractivity contribution in [3.05, 3.63) is 229 Å². The quantitative estimate of drug-likeness (QED) is 0.172. The zero-order valence-corrected chi connectivity index (χ0v) is 30.4. The summed E-state index contributed by atoms with van der Waals surface area (Å²) >= 11 is 0. The highest BCUT2D eigenvalue weighted by atomic mass is 15.0. The van der Waals surface area contributed by atoms with Crippen LogP contribution in [0.4, 0.5) is 0 Å². The van der Waals surface area contributed by atoms with Crippen molar-refractivity contribution < 1.29 is 0 Å². The third-order valence-electron chi connectivity index (χ3n) is 11.3. The molecule has 1 aliphatic carbocycles. The van der Waals surface area contributed by atoms with Crippen LogP contribution in [0, 0.1) is 0 Å². The lowest BCUT2D eigenvalue weighted by atomic mass is 9.67. The molecule has 4 heteroatoms. The topological polar surface area (TPSA) is 43.6 Å². The smallest absolute Gasteiger partial charge is 0.164 e. The van der Waals surface area contributed by atoms with Gasteiger partial charge in [0.25, 0.3) is 0 Å². The highest BCUT2D eigenvalue weighted by molar-refractivity contribution is 6.12. The van der Waals surface area contributed by atoms with E-state index in [2.05, 4.69) is 150 Å². The molecule has 0 unspecified atom stereocenters. The standard InChI is InChI=1S/C52H34N4/c1-5-17-35(18-6-1)49-53-50(36-19-7-2-8-20-36)55-51(54-49)37-29-31-40(32-30-37)56-47-28-16-14-26-42(47)44-33-43-41-25-13-15-27-45(41)52(46(43)34-48(44)56,38-21-9-3-10-22-38)39-23-11-4-12-24-39/h1-34H. The van der Waals surface area contributed by atoms with Crippen molar-refractivity contribution in [2.24, 2.45) is 0 Å². The van der Waals surface area contributed by atoms with Crippen LogP contribution in [0.15, 0.2) is 206 Å². The SMILES string of the molecule is c1ccc(-c2nc(-c3ccccc3)nc(-c3ccc(-n4c5ccccc5c5cc6c(cc54)C(c4ccccc4)(c4ccccc4)c4ccccc4-6)cc3)n2)cc1. The van der Waals surface area contributed by atoms with E-state index < -0.39 is 5.41 Å². The summed E-state index contributed by atoms with van der Waals surface area (Å²) in [6, 6.07) is 73.5. The molecular weight excluding hydrogens is 681 g/mol. The van der Waals surface area contributed by atoms with Crippen molar-refractivity contribution in [2.75, 3.05) is 0 Å². The average Bonchev–Trinajstić information content (AvgIpc) is 3.76. The van der Waals surface area contributed by atoms with Gasteiger partial charge in [-0.05, 0) is 75.8 Å². The van der Waals surface area contributed by atoms with Gasteiger partial charge in [-0.2, -0.15) is 0 Å². The maximum atomic E-state index is 5.00. The van der Waals surface area contributed by atoms with E-state index in [-0.39, 0.29) is 0 Å². The van der Waals surface area contributed by atoms with E-state index in [4.69, 9.17) is 15.0 Å². The van der Waals surface area contributed by atoms with E-state index in [1.54, 1.807) is 0 Å². The minimum absolute atomic E-state index is 0.487. The van der Waals surface area contributed by atoms with Crippen molar-refractivity contribution >= 4 is 21.8 Å². The minimum atomic E-state index is -0.487. The van der Waals surface area contributed by atoms with Crippen molar-refractivity contribution in [2.45, 2.75) is 5.41 Å². The molecule has 262 valence electrons. The first-order valence-electron chi connectivity index (χ1n) is 19.0. The molecule has 11 rings (SSSR count). The van der Waals surface area contributed by atoms with Gasteiger partial charge in [0.2, 0.25) is 0 Å². The van der Waals surface area contributed by atoms with Gasteiger partial charge in [-0.3, -0.25) is 0 Å². The Morgan fingerprint density at radius 1 is 0.339 bits per heavy atom. The van der Waals surface area contributed by atoms with Crippen molar-refractivity contribution in [1.82, 2.24) is 19.5 Å². The molecular formula is C52H34N4. The van der Waals surface area contributed by atoms with Crippen LogP contribution >= 0.6 is 0 Å². The van der Waals surface area contributed by atoms with Gasteiger partial charge in [-0.15, -0.1) is 0 Å². The molecule has 0 saturated carbocycles. The highest BCUT2D eigenvalue weighted by Crippen LogP contribution is 2.57. The van der Waals surface area contributed by atoms with Gasteiger partial charge < -0.3 is 4.57 Å². The van der Waals surface area contributed by atoms with Gasteiger partial charge in [0.05, 0.1) is 16.4 Å². The summed E-state index contributed by atoms with van der Waals surface area (Å²) in [5.74, 6) is 1.93. The molecule has 2 aromatic heterocycles. The Balaban J connectivity index is 1.12. The minimum Gasteiger partial charge on any atom is -0.309 e. The summed E-state index contributed by atoms with van der Waals surface area (Å²) in [6.45, 7) is 0. The summed E-state index contributed by atoms with van der Waals surface area (Å²) < 4.78 is 2.41. The van der Waals surface area contributed by atoms with Crippen molar-refractivity contribution in [3.63, 3.8) is 0 Å². The lowest BCUT2D eigenvalue weighted by molar-refractivity contribution is 0.769. The van der Waals surface area contributed by atoms with E-state index in [0.29, 0.717) is 17.5 Å². The van der Waals surface area contributed by atoms with Gasteiger partial charge in [0.15, 0.2) is 17.5 Å². The van der Waals surface area contributed by atoms with E-state index >= 15 is 0 Å². The lowest BCUT2D eigenvalue weighted by Crippen LogP contribution is -2.28. The zero-order chi connectivity index (χ0) is 37.1. The molecule has 0 bridgehead atoms. The Morgan fingerprint density at radius 2 is 0.821 bits per heavy atom. The van der Waals surface area contributed by atoms with Gasteiger partial charge in [0, 0.05) is 33.2 Å². The van der Waals surface area contributed by atoms with Crippen LogP contribution in [0.25, 0.3) is 72.8 Å². The Bertz CT molecular complexity index is 2950. The second-order valence-electron chi connectivity index (χ2n) is 14.4. The maximum absolute atomic E-state index is 5.00. The number of rotatable bonds is 6. The molecule has 8 aromatic carbocycles. The predicted molar refractivity (Wildman–Crippen MR) is 228 cm³/mol. The van der Waals surface area contributed by atoms with Gasteiger partial charge in [-0.25, -0.2) is 15.0 Å². The fraction of sp³-hybridized carbons (Fsp3) is 0.0192. The fourth-order valence-corrected chi connectivity index (χ4v) is 8.88. The largest absolute Gasteiger partial charge is 0.309 e. The van der Waals surface area contributed by atoms with E-state index in [9.17, 15) is 0 Å². The Hall–Kier alpha value is -7.43. The molecule has 0 aliphatic heterocycles. The number of fused-ring (bicyclic) bond motifs is 6. The fourth-order valence-electron chi connectivity index (χ4n) is 8.88. The van der Waals surface area contributed by atoms with Crippen LogP contribution in [0.2, 0.25) is 0 Å². The summed E-state index contributed by atoms with van der Waals surface area (Å²) in [7, 11) is 0. The summed E-state index contributed by atoms with van der Waals surface area (Å²) in [4.78, 5) is 14.9. The summed E-state index contributed by atoms with van der Waals surface area (Å²) in [6.07, 6.45) is 0. The second kappa shape index (κ2) is 12.9. The van der Waals surface area contributed by atoms with Gasteiger partial charge in [0.1, 0.15) is 0 Å². The predicted octanol–water partition coefficient (Wildman–Crippen LogP) is 12.3. The summed E-state index contributed by atoms with van der Waals surface area (Å²) in [5, 5.41) is 2.45. The number of hydrogen-bond donors (Lipinski definition) is 0. The monoisotopic (exact) mass is 714 g/mol. The zero-order valence-electron chi connectivity index (χ0n) is 30.4. The van der Waals surface area contributed by atoms with Crippen LogP contribution in [0.5, 0.6) is 0 Å².